The number of quaternary nitrogens is 1. The molecule has 9 nitrogen and oxygen atoms in total. The molecule has 1 N–H and O–H groups in total. The van der Waals surface area contributed by atoms with Crippen LogP contribution in [-0.2, 0) is 32.7 Å². The van der Waals surface area contributed by atoms with Crippen molar-refractivity contribution in [3.8, 4) is 0 Å². The Kier molecular flexibility index (Phi) is 39.4. The molecule has 0 saturated heterocycles. The molecule has 1 unspecified atom stereocenters. The van der Waals surface area contributed by atoms with E-state index in [1.54, 1.807) is 0 Å². The minimum atomic E-state index is -4.38. The van der Waals surface area contributed by atoms with E-state index in [0.29, 0.717) is 17.4 Å². The molecule has 0 aromatic heterocycles. The van der Waals surface area contributed by atoms with Crippen LogP contribution in [0.25, 0.3) is 0 Å². The monoisotopic (exact) mass is 841 g/mol. The van der Waals surface area contributed by atoms with E-state index in [0.717, 1.165) is 51.4 Å². The predicted molar refractivity (Wildman–Crippen MR) is 243 cm³/mol. The lowest BCUT2D eigenvalue weighted by Crippen LogP contribution is -2.37. The smallest absolute Gasteiger partial charge is 0.462 e. The summed E-state index contributed by atoms with van der Waals surface area (Å²) in [6.45, 7) is 4.37. The quantitative estimate of drug-likeness (QED) is 0.0213. The molecule has 0 radical (unpaired) electrons. The molecule has 340 valence electrons. The highest BCUT2D eigenvalue weighted by molar-refractivity contribution is 7.47. The molecular formula is C48H91NO8P+. The second-order valence-electron chi connectivity index (χ2n) is 17.1. The van der Waals surface area contributed by atoms with Crippen molar-refractivity contribution in [3.63, 3.8) is 0 Å². The van der Waals surface area contributed by atoms with Crippen LogP contribution < -0.4 is 0 Å². The number of unbranched alkanes of at least 4 members (excludes halogenated alkanes) is 23. The molecule has 0 aliphatic heterocycles. The second kappa shape index (κ2) is 40.6. The Balaban J connectivity index is 4.32. The Morgan fingerprint density at radius 1 is 0.534 bits per heavy atom. The summed E-state index contributed by atoms with van der Waals surface area (Å²) in [7, 11) is 1.46. The maximum atomic E-state index is 12.7. The number of rotatable bonds is 43. The molecule has 0 bridgehead atoms. The summed E-state index contributed by atoms with van der Waals surface area (Å²) < 4.78 is 34.3. The van der Waals surface area contributed by atoms with E-state index < -0.39 is 26.5 Å². The number of esters is 2. The van der Waals surface area contributed by atoms with Crippen molar-refractivity contribution in [3.05, 3.63) is 36.5 Å². The molecule has 0 aliphatic rings. The first kappa shape index (κ1) is 56.2. The van der Waals surface area contributed by atoms with Gasteiger partial charge in [-0.3, -0.25) is 18.6 Å². The number of likely N-dealkylation sites (N-methyl/N-ethyl adjacent to an activating group) is 1. The van der Waals surface area contributed by atoms with Gasteiger partial charge >= 0.3 is 19.8 Å². The zero-order valence-corrected chi connectivity index (χ0v) is 39.2. The van der Waals surface area contributed by atoms with Gasteiger partial charge in [-0.25, -0.2) is 4.57 Å². The Morgan fingerprint density at radius 2 is 0.931 bits per heavy atom. The Morgan fingerprint density at radius 3 is 1.41 bits per heavy atom. The van der Waals surface area contributed by atoms with Crippen LogP contribution in [0.2, 0.25) is 0 Å². The zero-order chi connectivity index (χ0) is 42.8. The van der Waals surface area contributed by atoms with Gasteiger partial charge < -0.3 is 18.9 Å². The van der Waals surface area contributed by atoms with E-state index in [9.17, 15) is 19.0 Å². The fraction of sp³-hybridized carbons (Fsp3) is 0.833. The first-order valence-corrected chi connectivity index (χ1v) is 25.2. The fourth-order valence-corrected chi connectivity index (χ4v) is 7.17. The molecule has 0 heterocycles. The van der Waals surface area contributed by atoms with Gasteiger partial charge in [0.15, 0.2) is 6.10 Å². The maximum Gasteiger partial charge on any atom is 0.472 e. The summed E-state index contributed by atoms with van der Waals surface area (Å²) in [5.41, 5.74) is 0. The summed E-state index contributed by atoms with van der Waals surface area (Å²) in [5, 5.41) is 0. The average Bonchev–Trinajstić information content (AvgIpc) is 3.17. The Labute approximate surface area is 357 Å². The van der Waals surface area contributed by atoms with Crippen molar-refractivity contribution in [2.45, 2.75) is 213 Å². The standard InChI is InChI=1S/C48H90NO8P/c1-6-8-10-12-14-16-18-20-22-23-24-25-27-28-30-32-34-36-38-40-47(50)54-44-46(45-56-58(52,53)55-43-42-49(3,4)5)57-48(51)41-39-37-35-33-31-29-26-21-19-17-15-13-11-9-7-2/h15,17,21,26,31,33,46H,6-14,16,18-20,22-25,27-30,32,34-45H2,1-5H3/p+1/b17-15-,26-21-,33-31-/t46-/m1/s1. The predicted octanol–water partition coefficient (Wildman–Crippen LogP) is 13.7. The van der Waals surface area contributed by atoms with Gasteiger partial charge in [-0.05, 0) is 51.4 Å². The van der Waals surface area contributed by atoms with Gasteiger partial charge in [-0.2, -0.15) is 0 Å². The Bertz CT molecular complexity index is 1090. The number of allylic oxidation sites excluding steroid dienone is 6. The van der Waals surface area contributed by atoms with Gasteiger partial charge in [-0.1, -0.05) is 179 Å². The van der Waals surface area contributed by atoms with Crippen LogP contribution in [0, 0.1) is 0 Å². The van der Waals surface area contributed by atoms with Crippen molar-refractivity contribution < 1.29 is 42.1 Å². The van der Waals surface area contributed by atoms with E-state index in [4.69, 9.17) is 18.5 Å². The van der Waals surface area contributed by atoms with Gasteiger partial charge in [0.1, 0.15) is 19.8 Å². The third-order valence-electron chi connectivity index (χ3n) is 10.2. The molecule has 2 atom stereocenters. The van der Waals surface area contributed by atoms with Gasteiger partial charge in [0, 0.05) is 12.8 Å². The van der Waals surface area contributed by atoms with Crippen LogP contribution in [0.3, 0.4) is 0 Å². The number of carbonyl (C=O) groups excluding carboxylic acids is 2. The molecule has 58 heavy (non-hydrogen) atoms. The number of phosphoric acid groups is 1. The minimum absolute atomic E-state index is 0.0252. The summed E-state index contributed by atoms with van der Waals surface area (Å²) in [6.07, 6.45) is 46.3. The molecule has 0 saturated carbocycles. The highest BCUT2D eigenvalue weighted by Gasteiger charge is 2.27. The lowest BCUT2D eigenvalue weighted by atomic mass is 10.0. The second-order valence-corrected chi connectivity index (χ2v) is 18.6. The van der Waals surface area contributed by atoms with Crippen molar-refractivity contribution in [1.29, 1.82) is 0 Å². The fourth-order valence-electron chi connectivity index (χ4n) is 6.43. The van der Waals surface area contributed by atoms with Crippen molar-refractivity contribution >= 4 is 19.8 Å². The normalized spacial score (nSPS) is 13.8. The topological polar surface area (TPSA) is 108 Å². The van der Waals surface area contributed by atoms with Crippen molar-refractivity contribution in [2.24, 2.45) is 0 Å². The lowest BCUT2D eigenvalue weighted by Gasteiger charge is -2.24. The molecule has 0 rings (SSSR count). The molecule has 0 amide bonds. The number of hydrogen-bond acceptors (Lipinski definition) is 7. The van der Waals surface area contributed by atoms with Crippen LogP contribution in [-0.4, -0.2) is 74.9 Å². The van der Waals surface area contributed by atoms with Gasteiger partial charge in [0.05, 0.1) is 27.7 Å². The molecular weight excluding hydrogens is 750 g/mol. The number of hydrogen-bond donors (Lipinski definition) is 1. The van der Waals surface area contributed by atoms with E-state index in [1.807, 2.05) is 21.1 Å². The van der Waals surface area contributed by atoms with E-state index >= 15 is 0 Å². The molecule has 10 heteroatoms. The van der Waals surface area contributed by atoms with E-state index in [-0.39, 0.29) is 32.0 Å². The van der Waals surface area contributed by atoms with Crippen LogP contribution in [0.15, 0.2) is 36.5 Å². The number of nitrogens with zero attached hydrogens (tertiary/aromatic N) is 1. The van der Waals surface area contributed by atoms with Crippen molar-refractivity contribution in [1.82, 2.24) is 0 Å². The highest BCUT2D eigenvalue weighted by atomic mass is 31.2. The molecule has 0 spiro atoms. The number of ether oxygens (including phenoxy) is 2. The molecule has 0 aromatic carbocycles. The molecule has 0 aromatic rings. The zero-order valence-electron chi connectivity index (χ0n) is 38.3. The summed E-state index contributed by atoms with van der Waals surface area (Å²) in [5.74, 6) is -0.836. The first-order chi connectivity index (χ1) is 28.0. The Hall–Kier alpha value is -1.77. The largest absolute Gasteiger partial charge is 0.472 e. The summed E-state index contributed by atoms with van der Waals surface area (Å²) in [6, 6.07) is 0. The van der Waals surface area contributed by atoms with Crippen molar-refractivity contribution in [2.75, 3.05) is 47.5 Å². The van der Waals surface area contributed by atoms with Crippen LogP contribution >= 0.6 is 7.82 Å². The van der Waals surface area contributed by atoms with Gasteiger partial charge in [0.25, 0.3) is 0 Å². The van der Waals surface area contributed by atoms with E-state index in [2.05, 4.69) is 50.3 Å². The minimum Gasteiger partial charge on any atom is -0.462 e. The summed E-state index contributed by atoms with van der Waals surface area (Å²) >= 11 is 0. The molecule has 0 fully saturated rings. The van der Waals surface area contributed by atoms with Gasteiger partial charge in [0.2, 0.25) is 0 Å². The maximum absolute atomic E-state index is 12.7. The SMILES string of the molecule is CCCCC/C=C\C/C=C\C/C=C\CCCCC(=O)O[C@H](COC(=O)CCCCCCCCCCCCCCCCCCCCC)COP(=O)(O)OCC[N+](C)(C)C. The third kappa shape index (κ3) is 43.8. The number of phosphoric ester groups is 1. The third-order valence-corrected chi connectivity index (χ3v) is 11.2. The lowest BCUT2D eigenvalue weighted by molar-refractivity contribution is -0.870. The van der Waals surface area contributed by atoms with Crippen LogP contribution in [0.5, 0.6) is 0 Å². The first-order valence-electron chi connectivity index (χ1n) is 23.7. The van der Waals surface area contributed by atoms with Crippen LogP contribution in [0.1, 0.15) is 206 Å². The molecule has 0 aliphatic carbocycles. The van der Waals surface area contributed by atoms with Gasteiger partial charge in [-0.15, -0.1) is 0 Å². The summed E-state index contributed by atoms with van der Waals surface area (Å²) in [4.78, 5) is 35.4. The van der Waals surface area contributed by atoms with Crippen LogP contribution in [0.4, 0.5) is 0 Å². The highest BCUT2D eigenvalue weighted by Crippen LogP contribution is 2.43. The average molecular weight is 841 g/mol. The van der Waals surface area contributed by atoms with E-state index in [1.165, 1.54) is 122 Å². The number of carbonyl (C=O) groups is 2.